The maximum absolute atomic E-state index is 6.25. The summed E-state index contributed by atoms with van der Waals surface area (Å²) in [5.74, 6) is 0. The second-order valence-corrected chi connectivity index (χ2v) is 7.83. The number of hydrogen-bond acceptors (Lipinski definition) is 1. The third kappa shape index (κ3) is 11.9. The minimum Gasteiger partial charge on any atom is -0.512 e. The van der Waals surface area contributed by atoms with Crippen LogP contribution < -0.4 is 0 Å². The van der Waals surface area contributed by atoms with Crippen molar-refractivity contribution < 1.29 is 4.48 Å². The Bertz CT molecular complexity index is 266. The Morgan fingerprint density at radius 2 is 1.00 bits per heavy atom. The molecule has 0 atom stereocenters. The molecule has 0 amide bonds. The standard InChI is InChI=1S/C21H44N.CN/c1-3-5-7-8-9-10-11-12-13-15-19-22(18-6-4-2)20-16-14-17-21-22;1-2/h3-21H2,1-2H3;/q+1;-1. The maximum Gasteiger partial charge on any atom is 0.0786 e. The van der Waals surface area contributed by atoms with E-state index in [1.54, 1.807) is 0 Å². The molecule has 2 nitrogen and oxygen atoms in total. The number of quaternary nitrogens is 1. The van der Waals surface area contributed by atoms with Gasteiger partial charge in [0.2, 0.25) is 0 Å². The van der Waals surface area contributed by atoms with Crippen LogP contribution in [0, 0.1) is 11.8 Å². The number of nitrogens with zero attached hydrogens (tertiary/aromatic N) is 2. The Balaban J connectivity index is 0.00000254. The van der Waals surface area contributed by atoms with Crippen molar-refractivity contribution in [3.8, 4) is 0 Å². The zero-order valence-electron chi connectivity index (χ0n) is 16.8. The van der Waals surface area contributed by atoms with Crippen molar-refractivity contribution >= 4 is 0 Å². The van der Waals surface area contributed by atoms with Crippen LogP contribution in [0.25, 0.3) is 0 Å². The molecule has 0 radical (unpaired) electrons. The minimum absolute atomic E-state index is 1.37. The van der Waals surface area contributed by atoms with Gasteiger partial charge < -0.3 is 16.3 Å². The van der Waals surface area contributed by atoms with Crippen molar-refractivity contribution in [2.75, 3.05) is 26.2 Å². The topological polar surface area (TPSA) is 23.8 Å². The monoisotopic (exact) mass is 336 g/mol. The second-order valence-electron chi connectivity index (χ2n) is 7.83. The lowest BCUT2D eigenvalue weighted by Crippen LogP contribution is -2.52. The molecule has 0 spiro atoms. The van der Waals surface area contributed by atoms with Gasteiger partial charge in [-0.2, -0.15) is 0 Å². The van der Waals surface area contributed by atoms with E-state index in [1.807, 2.05) is 0 Å². The average Bonchev–Trinajstić information content (AvgIpc) is 2.64. The lowest BCUT2D eigenvalue weighted by molar-refractivity contribution is -0.932. The van der Waals surface area contributed by atoms with E-state index >= 15 is 0 Å². The van der Waals surface area contributed by atoms with E-state index < -0.39 is 0 Å². The molecule has 142 valence electrons. The Morgan fingerprint density at radius 3 is 1.50 bits per heavy atom. The van der Waals surface area contributed by atoms with Gasteiger partial charge in [0.05, 0.1) is 26.2 Å². The molecule has 24 heavy (non-hydrogen) atoms. The van der Waals surface area contributed by atoms with E-state index in [2.05, 4.69) is 13.8 Å². The van der Waals surface area contributed by atoms with Crippen LogP contribution in [-0.2, 0) is 0 Å². The molecule has 0 aromatic rings. The summed E-state index contributed by atoms with van der Waals surface area (Å²) in [7, 11) is 0. The number of rotatable bonds is 14. The molecule has 0 saturated carbocycles. The molecule has 0 aromatic carbocycles. The van der Waals surface area contributed by atoms with Gasteiger partial charge in [0.15, 0.2) is 0 Å². The molecule has 0 unspecified atom stereocenters. The summed E-state index contributed by atoms with van der Waals surface area (Å²) < 4.78 is 1.48. The molecule has 1 fully saturated rings. The van der Waals surface area contributed by atoms with Crippen LogP contribution in [-0.4, -0.2) is 30.7 Å². The largest absolute Gasteiger partial charge is 0.512 e. The maximum atomic E-state index is 6.25. The molecule has 1 aliphatic rings. The van der Waals surface area contributed by atoms with E-state index in [4.69, 9.17) is 11.8 Å². The van der Waals surface area contributed by atoms with Crippen LogP contribution in [0.3, 0.4) is 0 Å². The molecule has 1 heterocycles. The highest BCUT2D eigenvalue weighted by molar-refractivity contribution is 4.56. The molecular weight excluding hydrogens is 292 g/mol. The van der Waals surface area contributed by atoms with Crippen molar-refractivity contribution in [1.29, 1.82) is 5.26 Å². The molecule has 0 N–H and O–H groups in total. The van der Waals surface area contributed by atoms with Gasteiger partial charge >= 0.3 is 0 Å². The Morgan fingerprint density at radius 1 is 0.583 bits per heavy atom. The quantitative estimate of drug-likeness (QED) is 0.194. The highest BCUT2D eigenvalue weighted by atomic mass is 15.3. The number of piperidine rings is 1. The summed E-state index contributed by atoms with van der Waals surface area (Å²) in [5.41, 5.74) is 0. The summed E-state index contributed by atoms with van der Waals surface area (Å²) in [4.78, 5) is 0. The van der Waals surface area contributed by atoms with E-state index in [0.717, 1.165) is 0 Å². The fourth-order valence-corrected chi connectivity index (χ4v) is 4.17. The fraction of sp³-hybridized carbons (Fsp3) is 0.955. The first-order valence-corrected chi connectivity index (χ1v) is 10.9. The van der Waals surface area contributed by atoms with E-state index in [9.17, 15) is 0 Å². The van der Waals surface area contributed by atoms with Gasteiger partial charge in [0, 0.05) is 0 Å². The summed E-state index contributed by atoms with van der Waals surface area (Å²) in [6.07, 6.45) is 22.0. The van der Waals surface area contributed by atoms with Gasteiger partial charge in [-0.1, -0.05) is 71.6 Å². The lowest BCUT2D eigenvalue weighted by Gasteiger charge is -2.42. The summed E-state index contributed by atoms with van der Waals surface area (Å²) in [6, 6.07) is 0. The first kappa shape index (κ1) is 23.4. The van der Waals surface area contributed by atoms with E-state index in [1.165, 1.54) is 127 Å². The van der Waals surface area contributed by atoms with Gasteiger partial charge in [-0.25, -0.2) is 0 Å². The average molecular weight is 337 g/mol. The highest BCUT2D eigenvalue weighted by Crippen LogP contribution is 2.22. The molecular formula is C22H44N2. The molecule has 0 aromatic heterocycles. The van der Waals surface area contributed by atoms with Gasteiger partial charge in [-0.15, -0.1) is 0 Å². The van der Waals surface area contributed by atoms with Crippen LogP contribution in [0.5, 0.6) is 0 Å². The number of likely N-dealkylation sites (tertiary alicyclic amines) is 1. The smallest absolute Gasteiger partial charge is 0.0786 e. The third-order valence-electron chi connectivity index (χ3n) is 5.74. The van der Waals surface area contributed by atoms with Crippen LogP contribution in [0.15, 0.2) is 0 Å². The Labute approximate surface area is 153 Å². The fourth-order valence-electron chi connectivity index (χ4n) is 4.17. The predicted octanol–water partition coefficient (Wildman–Crippen LogP) is 6.80. The van der Waals surface area contributed by atoms with Crippen LogP contribution in [0.1, 0.15) is 110 Å². The van der Waals surface area contributed by atoms with Crippen molar-refractivity contribution in [1.82, 2.24) is 0 Å². The highest BCUT2D eigenvalue weighted by Gasteiger charge is 2.28. The molecule has 2 heteroatoms. The summed E-state index contributed by atoms with van der Waals surface area (Å²) >= 11 is 0. The molecule has 1 saturated heterocycles. The molecule has 1 rings (SSSR count). The molecule has 0 bridgehead atoms. The van der Waals surface area contributed by atoms with Crippen molar-refractivity contribution in [3.63, 3.8) is 0 Å². The van der Waals surface area contributed by atoms with E-state index in [0.29, 0.717) is 0 Å². The lowest BCUT2D eigenvalue weighted by atomic mass is 10.0. The SMILES string of the molecule is CCCCCCCCCCCC[N+]1(CCCC)CCCCC1.[C-]#N. The normalized spacial score (nSPS) is 16.3. The van der Waals surface area contributed by atoms with Crippen molar-refractivity contribution in [3.05, 3.63) is 6.57 Å². The zero-order valence-corrected chi connectivity index (χ0v) is 16.8. The summed E-state index contributed by atoms with van der Waals surface area (Å²) in [5, 5.41) is 6.25. The Kier molecular flexibility index (Phi) is 16.9. The van der Waals surface area contributed by atoms with Crippen molar-refractivity contribution in [2.24, 2.45) is 0 Å². The first-order chi connectivity index (χ1) is 11.8. The number of hydrogen-bond donors (Lipinski definition) is 0. The van der Waals surface area contributed by atoms with Gasteiger partial charge in [-0.3, -0.25) is 0 Å². The Hall–Kier alpha value is -0.550. The van der Waals surface area contributed by atoms with Gasteiger partial charge in [0.1, 0.15) is 0 Å². The van der Waals surface area contributed by atoms with Gasteiger partial charge in [0.25, 0.3) is 0 Å². The van der Waals surface area contributed by atoms with Crippen LogP contribution in [0.4, 0.5) is 0 Å². The zero-order chi connectivity index (χ0) is 17.9. The van der Waals surface area contributed by atoms with Gasteiger partial charge in [-0.05, 0) is 38.5 Å². The van der Waals surface area contributed by atoms with E-state index in [-0.39, 0.29) is 0 Å². The van der Waals surface area contributed by atoms with Crippen LogP contribution in [0.2, 0.25) is 0 Å². The first-order valence-electron chi connectivity index (χ1n) is 10.9. The molecule has 1 aliphatic heterocycles. The predicted molar refractivity (Wildman–Crippen MR) is 105 cm³/mol. The van der Waals surface area contributed by atoms with Crippen molar-refractivity contribution in [2.45, 2.75) is 110 Å². The van der Waals surface area contributed by atoms with Crippen LogP contribution >= 0.6 is 0 Å². The second kappa shape index (κ2) is 17.3. The number of unbranched alkanes of at least 4 members (excludes halogenated alkanes) is 10. The molecule has 0 aliphatic carbocycles. The third-order valence-corrected chi connectivity index (χ3v) is 5.74. The minimum atomic E-state index is 1.37. The summed E-state index contributed by atoms with van der Waals surface area (Å²) in [6.45, 7) is 15.3.